The van der Waals surface area contributed by atoms with Crippen molar-refractivity contribution in [3.63, 3.8) is 0 Å². The third-order valence-electron chi connectivity index (χ3n) is 5.38. The van der Waals surface area contributed by atoms with Gasteiger partial charge in [-0.25, -0.2) is 14.8 Å². The highest BCUT2D eigenvalue weighted by atomic mass is 16.5. The van der Waals surface area contributed by atoms with Gasteiger partial charge in [-0.3, -0.25) is 0 Å². The van der Waals surface area contributed by atoms with Crippen LogP contribution in [0, 0.1) is 0 Å². The maximum absolute atomic E-state index is 12.5. The van der Waals surface area contributed by atoms with Crippen LogP contribution in [0.15, 0.2) is 36.5 Å². The first kappa shape index (κ1) is 24.0. The van der Waals surface area contributed by atoms with Crippen molar-refractivity contribution in [3.8, 4) is 11.3 Å². The van der Waals surface area contributed by atoms with Gasteiger partial charge in [-0.15, -0.1) is 0 Å². The van der Waals surface area contributed by atoms with E-state index in [0.29, 0.717) is 6.61 Å². The molecule has 0 spiro atoms. The van der Waals surface area contributed by atoms with E-state index in [2.05, 4.69) is 23.8 Å². The molecule has 2 rings (SSSR count). The number of aryl methyl sites for hydroxylation is 1. The van der Waals surface area contributed by atoms with E-state index in [-0.39, 0.29) is 5.82 Å². The number of unbranched alkanes of at least 4 members (excludes halogenated alkanes) is 9. The van der Waals surface area contributed by atoms with Crippen LogP contribution in [0.2, 0.25) is 0 Å². The second-order valence-corrected chi connectivity index (χ2v) is 8.00. The molecule has 30 heavy (non-hydrogen) atoms. The predicted molar refractivity (Wildman–Crippen MR) is 124 cm³/mol. The summed E-state index contributed by atoms with van der Waals surface area (Å²) in [6.45, 7) is 4.88. The molecule has 1 aromatic heterocycles. The third-order valence-corrected chi connectivity index (χ3v) is 5.38. The van der Waals surface area contributed by atoms with Gasteiger partial charge in [-0.2, -0.15) is 0 Å². The van der Waals surface area contributed by atoms with Crippen LogP contribution in [0.5, 0.6) is 0 Å². The Labute approximate surface area is 182 Å². The minimum Gasteiger partial charge on any atom is -0.460 e. The van der Waals surface area contributed by atoms with Crippen LogP contribution >= 0.6 is 0 Å². The summed E-state index contributed by atoms with van der Waals surface area (Å²) in [5, 5.41) is 0. The SMILES string of the molecule is CCCCCCCCOC(=O)c1ncc(CCCCCCC)c(-c2ccccc2)n1. The lowest BCUT2D eigenvalue weighted by molar-refractivity contribution is 0.0483. The van der Waals surface area contributed by atoms with Crippen molar-refractivity contribution < 1.29 is 9.53 Å². The molecule has 164 valence electrons. The van der Waals surface area contributed by atoms with Crippen molar-refractivity contribution in [1.82, 2.24) is 9.97 Å². The summed E-state index contributed by atoms with van der Waals surface area (Å²) in [5.41, 5.74) is 2.98. The fourth-order valence-corrected chi connectivity index (χ4v) is 3.56. The van der Waals surface area contributed by atoms with Crippen molar-refractivity contribution >= 4 is 5.97 Å². The summed E-state index contributed by atoms with van der Waals surface area (Å²) >= 11 is 0. The molecular formula is C26H38N2O2. The second-order valence-electron chi connectivity index (χ2n) is 8.00. The van der Waals surface area contributed by atoms with Crippen LogP contribution in [0.4, 0.5) is 0 Å². The average molecular weight is 411 g/mol. The van der Waals surface area contributed by atoms with E-state index in [1.165, 1.54) is 51.4 Å². The lowest BCUT2D eigenvalue weighted by Gasteiger charge is -2.11. The lowest BCUT2D eigenvalue weighted by Crippen LogP contribution is -2.12. The summed E-state index contributed by atoms with van der Waals surface area (Å²) in [4.78, 5) is 21.4. The van der Waals surface area contributed by atoms with E-state index >= 15 is 0 Å². The monoisotopic (exact) mass is 410 g/mol. The third kappa shape index (κ3) is 8.64. The van der Waals surface area contributed by atoms with Crippen molar-refractivity contribution in [2.45, 2.75) is 90.9 Å². The Morgan fingerprint density at radius 2 is 1.47 bits per heavy atom. The fraction of sp³-hybridized carbons (Fsp3) is 0.577. The first-order chi connectivity index (χ1) is 14.8. The quantitative estimate of drug-likeness (QED) is 0.231. The molecule has 0 amide bonds. The highest BCUT2D eigenvalue weighted by molar-refractivity contribution is 5.86. The molecule has 1 heterocycles. The molecule has 2 aromatic rings. The molecule has 0 N–H and O–H groups in total. The van der Waals surface area contributed by atoms with E-state index in [9.17, 15) is 4.79 Å². The number of hydrogen-bond acceptors (Lipinski definition) is 4. The van der Waals surface area contributed by atoms with E-state index in [0.717, 1.165) is 42.5 Å². The van der Waals surface area contributed by atoms with E-state index in [4.69, 9.17) is 4.74 Å². The lowest BCUT2D eigenvalue weighted by atomic mass is 10.0. The van der Waals surface area contributed by atoms with Crippen molar-refractivity contribution in [3.05, 3.63) is 47.9 Å². The van der Waals surface area contributed by atoms with Crippen LogP contribution < -0.4 is 0 Å². The number of rotatable bonds is 15. The number of aromatic nitrogens is 2. The van der Waals surface area contributed by atoms with Gasteiger partial charge >= 0.3 is 5.97 Å². The first-order valence-electron chi connectivity index (χ1n) is 11.8. The van der Waals surface area contributed by atoms with E-state index in [1.54, 1.807) is 0 Å². The molecule has 0 aliphatic heterocycles. The zero-order chi connectivity index (χ0) is 21.4. The first-order valence-corrected chi connectivity index (χ1v) is 11.8. The molecule has 4 heteroatoms. The molecular weight excluding hydrogens is 372 g/mol. The average Bonchev–Trinajstić information content (AvgIpc) is 2.79. The number of nitrogens with zero attached hydrogens (tertiary/aromatic N) is 2. The van der Waals surface area contributed by atoms with Gasteiger partial charge in [0.05, 0.1) is 12.3 Å². The number of esters is 1. The highest BCUT2D eigenvalue weighted by Gasteiger charge is 2.15. The Morgan fingerprint density at radius 3 is 2.17 bits per heavy atom. The summed E-state index contributed by atoms with van der Waals surface area (Å²) in [6, 6.07) is 10.1. The summed E-state index contributed by atoms with van der Waals surface area (Å²) in [7, 11) is 0. The normalized spacial score (nSPS) is 10.9. The Hall–Kier alpha value is -2.23. The van der Waals surface area contributed by atoms with Crippen molar-refractivity contribution in [2.75, 3.05) is 6.61 Å². The smallest absolute Gasteiger partial charge is 0.376 e. The minimum atomic E-state index is -0.421. The van der Waals surface area contributed by atoms with Crippen LogP contribution in [-0.2, 0) is 11.2 Å². The molecule has 0 aliphatic rings. The molecule has 0 radical (unpaired) electrons. The summed E-state index contributed by atoms with van der Waals surface area (Å²) in [5.74, 6) is -0.259. The van der Waals surface area contributed by atoms with Gasteiger partial charge in [0.15, 0.2) is 0 Å². The molecule has 0 aliphatic carbocycles. The van der Waals surface area contributed by atoms with Gasteiger partial charge in [-0.05, 0) is 24.8 Å². The Balaban J connectivity index is 1.97. The standard InChI is InChI=1S/C26H38N2O2/c1-3-5-7-9-11-16-20-30-26(29)25-27-21-23(19-13-10-8-6-4-2)24(28-25)22-17-14-12-15-18-22/h12,14-15,17-18,21H,3-11,13,16,19-20H2,1-2H3. The van der Waals surface area contributed by atoms with Crippen LogP contribution in [0.1, 0.15) is 101 Å². The zero-order valence-electron chi connectivity index (χ0n) is 18.9. The number of benzene rings is 1. The van der Waals surface area contributed by atoms with E-state index in [1.807, 2.05) is 36.5 Å². The van der Waals surface area contributed by atoms with Crippen LogP contribution in [0.25, 0.3) is 11.3 Å². The largest absolute Gasteiger partial charge is 0.460 e. The fourth-order valence-electron chi connectivity index (χ4n) is 3.56. The molecule has 4 nitrogen and oxygen atoms in total. The Morgan fingerprint density at radius 1 is 0.833 bits per heavy atom. The molecule has 0 bridgehead atoms. The zero-order valence-corrected chi connectivity index (χ0v) is 18.9. The minimum absolute atomic E-state index is 0.162. The van der Waals surface area contributed by atoms with Crippen molar-refractivity contribution in [2.24, 2.45) is 0 Å². The summed E-state index contributed by atoms with van der Waals surface area (Å²) < 4.78 is 5.43. The maximum Gasteiger partial charge on any atom is 0.376 e. The van der Waals surface area contributed by atoms with Gasteiger partial charge in [0.25, 0.3) is 0 Å². The molecule has 0 fully saturated rings. The molecule has 0 saturated carbocycles. The van der Waals surface area contributed by atoms with Gasteiger partial charge in [0, 0.05) is 11.8 Å². The van der Waals surface area contributed by atoms with E-state index < -0.39 is 5.97 Å². The number of hydrogen-bond donors (Lipinski definition) is 0. The predicted octanol–water partition coefficient (Wildman–Crippen LogP) is 7.17. The number of carbonyl (C=O) groups is 1. The van der Waals surface area contributed by atoms with Gasteiger partial charge in [0.2, 0.25) is 5.82 Å². The highest BCUT2D eigenvalue weighted by Crippen LogP contribution is 2.23. The molecule has 0 atom stereocenters. The topological polar surface area (TPSA) is 52.1 Å². The van der Waals surface area contributed by atoms with Crippen LogP contribution in [0.3, 0.4) is 0 Å². The Kier molecular flexibility index (Phi) is 11.8. The van der Waals surface area contributed by atoms with Crippen LogP contribution in [-0.4, -0.2) is 22.5 Å². The maximum atomic E-state index is 12.5. The number of carbonyl (C=O) groups excluding carboxylic acids is 1. The number of ether oxygens (including phenoxy) is 1. The van der Waals surface area contributed by atoms with Gasteiger partial charge in [-0.1, -0.05) is 102 Å². The van der Waals surface area contributed by atoms with Crippen molar-refractivity contribution in [1.29, 1.82) is 0 Å². The van der Waals surface area contributed by atoms with Gasteiger partial charge in [0.1, 0.15) is 0 Å². The second kappa shape index (κ2) is 14.7. The Bertz CT molecular complexity index is 731. The molecule has 0 saturated heterocycles. The molecule has 0 unspecified atom stereocenters. The molecule has 1 aromatic carbocycles. The summed E-state index contributed by atoms with van der Waals surface area (Å²) in [6.07, 6.45) is 15.8. The van der Waals surface area contributed by atoms with Gasteiger partial charge < -0.3 is 4.74 Å².